The Balaban J connectivity index is 1.80. The highest BCUT2D eigenvalue weighted by Gasteiger charge is 2.28. The Morgan fingerprint density at radius 3 is 2.88 bits per heavy atom. The maximum Gasteiger partial charge on any atom is 0.0894 e. The summed E-state index contributed by atoms with van der Waals surface area (Å²) in [4.78, 5) is 2.60. The topological polar surface area (TPSA) is 30.3 Å². The van der Waals surface area contributed by atoms with Gasteiger partial charge in [-0.3, -0.25) is 9.58 Å². The molecule has 2 aliphatic rings. The van der Waals surface area contributed by atoms with Gasteiger partial charge in [0, 0.05) is 32.4 Å². The van der Waals surface area contributed by atoms with Gasteiger partial charge in [0.25, 0.3) is 0 Å². The van der Waals surface area contributed by atoms with Gasteiger partial charge < -0.3 is 4.74 Å². The summed E-state index contributed by atoms with van der Waals surface area (Å²) in [6, 6.07) is 2.90. The van der Waals surface area contributed by atoms with Crippen LogP contribution in [0.2, 0.25) is 0 Å². The van der Waals surface area contributed by atoms with E-state index in [0.29, 0.717) is 0 Å². The van der Waals surface area contributed by atoms with Crippen LogP contribution in [0.5, 0.6) is 0 Å². The van der Waals surface area contributed by atoms with Gasteiger partial charge in [-0.1, -0.05) is 12.8 Å². The third-order valence-electron chi connectivity index (χ3n) is 4.16. The number of hydrogen-bond acceptors (Lipinski definition) is 3. The minimum Gasteiger partial charge on any atom is -0.378 e. The van der Waals surface area contributed by atoms with Gasteiger partial charge in [0.2, 0.25) is 0 Å². The first-order chi connectivity index (χ1) is 8.36. The Labute approximate surface area is 103 Å². The van der Waals surface area contributed by atoms with E-state index >= 15 is 0 Å². The maximum atomic E-state index is 5.58. The Morgan fingerprint density at radius 1 is 1.29 bits per heavy atom. The molecule has 3 rings (SSSR count). The number of fused-ring (bicyclic) bond motifs is 1. The zero-order chi connectivity index (χ0) is 11.7. The largest absolute Gasteiger partial charge is 0.378 e. The zero-order valence-electron chi connectivity index (χ0n) is 10.5. The number of rotatable bonds is 2. The molecule has 1 saturated carbocycles. The van der Waals surface area contributed by atoms with E-state index in [2.05, 4.69) is 20.7 Å². The first-order valence-corrected chi connectivity index (χ1v) is 6.64. The van der Waals surface area contributed by atoms with E-state index in [1.807, 2.05) is 13.3 Å². The molecule has 1 aliphatic heterocycles. The van der Waals surface area contributed by atoms with Crippen molar-refractivity contribution in [2.45, 2.75) is 50.9 Å². The third kappa shape index (κ3) is 2.24. The Kier molecular flexibility index (Phi) is 3.16. The number of nitrogens with zero attached hydrogens (tertiary/aromatic N) is 3. The van der Waals surface area contributed by atoms with Crippen LogP contribution in [0, 0.1) is 0 Å². The molecular weight excluding hydrogens is 214 g/mol. The molecule has 0 N–H and O–H groups in total. The summed E-state index contributed by atoms with van der Waals surface area (Å²) in [7, 11) is 1.81. The molecule has 4 nitrogen and oxygen atoms in total. The van der Waals surface area contributed by atoms with Crippen LogP contribution in [0.15, 0.2) is 12.3 Å². The summed E-state index contributed by atoms with van der Waals surface area (Å²) in [5, 5.41) is 4.39. The summed E-state index contributed by atoms with van der Waals surface area (Å²) < 4.78 is 7.69. The monoisotopic (exact) mass is 235 g/mol. The van der Waals surface area contributed by atoms with Gasteiger partial charge in [0.05, 0.1) is 18.3 Å². The summed E-state index contributed by atoms with van der Waals surface area (Å²) in [6.45, 7) is 2.97. The van der Waals surface area contributed by atoms with E-state index in [9.17, 15) is 0 Å². The highest BCUT2D eigenvalue weighted by Crippen LogP contribution is 2.26. The van der Waals surface area contributed by atoms with Crippen LogP contribution < -0.4 is 0 Å². The Hall–Kier alpha value is -0.870. The quantitative estimate of drug-likeness (QED) is 0.781. The van der Waals surface area contributed by atoms with Gasteiger partial charge in [0.15, 0.2) is 0 Å². The molecule has 0 radical (unpaired) electrons. The second kappa shape index (κ2) is 4.78. The number of methoxy groups -OCH3 is 1. The Morgan fingerprint density at radius 2 is 2.12 bits per heavy atom. The van der Waals surface area contributed by atoms with E-state index in [0.717, 1.165) is 25.7 Å². The van der Waals surface area contributed by atoms with Crippen LogP contribution in [-0.4, -0.2) is 40.5 Å². The van der Waals surface area contributed by atoms with Crippen molar-refractivity contribution >= 4 is 0 Å². The molecule has 1 aromatic rings. The van der Waals surface area contributed by atoms with E-state index in [1.54, 1.807) is 0 Å². The number of ether oxygens (including phenoxy) is 1. The van der Waals surface area contributed by atoms with Gasteiger partial charge >= 0.3 is 0 Å². The summed E-state index contributed by atoms with van der Waals surface area (Å²) >= 11 is 0. The van der Waals surface area contributed by atoms with E-state index in [-0.39, 0.29) is 6.10 Å². The maximum absolute atomic E-state index is 5.58. The molecule has 94 valence electrons. The first kappa shape index (κ1) is 11.2. The highest BCUT2D eigenvalue weighted by molar-refractivity contribution is 5.03. The molecule has 2 heterocycles. The van der Waals surface area contributed by atoms with Crippen molar-refractivity contribution in [1.29, 1.82) is 0 Å². The molecule has 1 aliphatic carbocycles. The van der Waals surface area contributed by atoms with Crippen molar-refractivity contribution in [3.63, 3.8) is 0 Å². The van der Waals surface area contributed by atoms with Crippen molar-refractivity contribution in [1.82, 2.24) is 14.7 Å². The van der Waals surface area contributed by atoms with Gasteiger partial charge in [-0.15, -0.1) is 0 Å². The van der Waals surface area contributed by atoms with Gasteiger partial charge in [0.1, 0.15) is 0 Å². The van der Waals surface area contributed by atoms with Crippen molar-refractivity contribution in [2.24, 2.45) is 0 Å². The molecule has 0 spiro atoms. The first-order valence-electron chi connectivity index (χ1n) is 6.64. The lowest BCUT2D eigenvalue weighted by Crippen LogP contribution is -2.38. The molecule has 17 heavy (non-hydrogen) atoms. The standard InChI is InChI=1S/C13H21N3O/c1-17-13-9-15(11-4-2-3-5-11)8-12-6-7-14-16(12)10-13/h6-7,11,13H,2-5,8-10H2,1H3/t13-/m1/s1. The zero-order valence-corrected chi connectivity index (χ0v) is 10.5. The van der Waals surface area contributed by atoms with Gasteiger partial charge in [-0.25, -0.2) is 0 Å². The van der Waals surface area contributed by atoms with E-state index in [1.165, 1.54) is 31.4 Å². The van der Waals surface area contributed by atoms with Crippen LogP contribution in [0.3, 0.4) is 0 Å². The molecule has 4 heteroatoms. The fourth-order valence-corrected chi connectivity index (χ4v) is 3.14. The smallest absolute Gasteiger partial charge is 0.0894 e. The van der Waals surface area contributed by atoms with Crippen molar-refractivity contribution in [2.75, 3.05) is 13.7 Å². The second-order valence-corrected chi connectivity index (χ2v) is 5.23. The molecular formula is C13H21N3O. The van der Waals surface area contributed by atoms with Gasteiger partial charge in [-0.2, -0.15) is 5.10 Å². The SMILES string of the molecule is CO[C@@H]1CN(C2CCCC2)Cc2ccnn2C1. The molecule has 1 atom stereocenters. The van der Waals surface area contributed by atoms with Crippen LogP contribution in [0.25, 0.3) is 0 Å². The lowest BCUT2D eigenvalue weighted by atomic mass is 10.2. The van der Waals surface area contributed by atoms with Crippen molar-refractivity contribution in [3.05, 3.63) is 18.0 Å². The summed E-state index contributed by atoms with van der Waals surface area (Å²) in [6.07, 6.45) is 7.66. The average molecular weight is 235 g/mol. The molecule has 1 fully saturated rings. The van der Waals surface area contributed by atoms with Crippen LogP contribution in [0.1, 0.15) is 31.4 Å². The van der Waals surface area contributed by atoms with E-state index < -0.39 is 0 Å². The predicted octanol–water partition coefficient (Wildman–Crippen LogP) is 1.66. The molecule has 0 bridgehead atoms. The molecule has 1 aromatic heterocycles. The molecule has 0 aromatic carbocycles. The van der Waals surface area contributed by atoms with E-state index in [4.69, 9.17) is 4.74 Å². The average Bonchev–Trinajstić information content (AvgIpc) is 2.97. The number of aromatic nitrogens is 2. The van der Waals surface area contributed by atoms with Crippen molar-refractivity contribution < 1.29 is 4.74 Å². The normalized spacial score (nSPS) is 27.0. The van der Waals surface area contributed by atoms with Crippen LogP contribution in [0.4, 0.5) is 0 Å². The highest BCUT2D eigenvalue weighted by atomic mass is 16.5. The fourth-order valence-electron chi connectivity index (χ4n) is 3.14. The number of hydrogen-bond donors (Lipinski definition) is 0. The summed E-state index contributed by atoms with van der Waals surface area (Å²) in [5.74, 6) is 0. The van der Waals surface area contributed by atoms with Crippen molar-refractivity contribution in [3.8, 4) is 0 Å². The summed E-state index contributed by atoms with van der Waals surface area (Å²) in [5.41, 5.74) is 1.33. The minimum atomic E-state index is 0.275. The molecule has 0 unspecified atom stereocenters. The second-order valence-electron chi connectivity index (χ2n) is 5.23. The lowest BCUT2D eigenvalue weighted by Gasteiger charge is -2.28. The van der Waals surface area contributed by atoms with Crippen LogP contribution in [-0.2, 0) is 17.8 Å². The fraction of sp³-hybridized carbons (Fsp3) is 0.769. The van der Waals surface area contributed by atoms with Gasteiger partial charge in [-0.05, 0) is 18.9 Å². The molecule has 0 saturated heterocycles. The Bertz CT molecular complexity index is 370. The minimum absolute atomic E-state index is 0.275. The third-order valence-corrected chi connectivity index (χ3v) is 4.16. The van der Waals surface area contributed by atoms with Crippen LogP contribution >= 0.6 is 0 Å². The lowest BCUT2D eigenvalue weighted by molar-refractivity contribution is 0.0437. The predicted molar refractivity (Wildman–Crippen MR) is 65.7 cm³/mol. The molecule has 0 amide bonds.